The molecule has 1 aromatic heterocycles. The molecular weight excluding hydrogens is 338 g/mol. The van der Waals surface area contributed by atoms with Gasteiger partial charge < -0.3 is 9.64 Å². The molecule has 1 aliphatic heterocycles. The predicted octanol–water partition coefficient (Wildman–Crippen LogP) is 3.44. The van der Waals surface area contributed by atoms with E-state index in [1.54, 1.807) is 0 Å². The van der Waals surface area contributed by atoms with Crippen LogP contribution in [0.3, 0.4) is 0 Å². The molecule has 25 heavy (non-hydrogen) atoms. The van der Waals surface area contributed by atoms with E-state index in [0.29, 0.717) is 30.3 Å². The molecule has 2 aromatic rings. The van der Waals surface area contributed by atoms with Gasteiger partial charge in [-0.15, -0.1) is 5.10 Å². The molecule has 3 rings (SSSR count). The summed E-state index contributed by atoms with van der Waals surface area (Å²) in [6.45, 7) is 3.27. The van der Waals surface area contributed by atoms with Gasteiger partial charge in [-0.05, 0) is 49.9 Å². The molecule has 1 fully saturated rings. The van der Waals surface area contributed by atoms with Gasteiger partial charge in [0, 0.05) is 24.1 Å². The summed E-state index contributed by atoms with van der Waals surface area (Å²) in [4.78, 5) is 14.4. The van der Waals surface area contributed by atoms with E-state index in [0.717, 1.165) is 30.6 Å². The average Bonchev–Trinajstić information content (AvgIpc) is 2.62. The van der Waals surface area contributed by atoms with Crippen molar-refractivity contribution in [1.82, 2.24) is 15.1 Å². The van der Waals surface area contributed by atoms with Crippen LogP contribution in [0.15, 0.2) is 36.4 Å². The molecular formula is C19H22ClN3O2. The standard InChI is InChI=1S/C19H22ClN3O2/c1-14-7-9-18(22-21-14)25-17-6-3-11-23(13-17)19(24)10-8-15-4-2-5-16(20)12-15/h2,4-5,7,9,12,17H,3,6,8,10-11,13H2,1H3. The van der Waals surface area contributed by atoms with Crippen molar-refractivity contribution in [3.63, 3.8) is 0 Å². The van der Waals surface area contributed by atoms with Crippen LogP contribution in [0, 0.1) is 6.92 Å². The van der Waals surface area contributed by atoms with E-state index in [-0.39, 0.29) is 12.0 Å². The second-order valence-electron chi connectivity index (χ2n) is 6.36. The second kappa shape index (κ2) is 8.30. The summed E-state index contributed by atoms with van der Waals surface area (Å²) in [6, 6.07) is 11.4. The molecule has 1 aliphatic rings. The quantitative estimate of drug-likeness (QED) is 0.820. The molecule has 6 heteroatoms. The number of ether oxygens (including phenoxy) is 1. The van der Waals surface area contributed by atoms with Gasteiger partial charge in [0.15, 0.2) is 0 Å². The lowest BCUT2D eigenvalue weighted by Crippen LogP contribution is -2.44. The lowest BCUT2D eigenvalue weighted by atomic mass is 10.1. The molecule has 1 saturated heterocycles. The molecule has 0 saturated carbocycles. The van der Waals surface area contributed by atoms with Gasteiger partial charge in [0.1, 0.15) is 6.10 Å². The van der Waals surface area contributed by atoms with Crippen LogP contribution in [0.5, 0.6) is 5.88 Å². The van der Waals surface area contributed by atoms with E-state index in [1.807, 2.05) is 48.2 Å². The molecule has 0 bridgehead atoms. The largest absolute Gasteiger partial charge is 0.471 e. The van der Waals surface area contributed by atoms with Crippen LogP contribution in [0.4, 0.5) is 0 Å². The summed E-state index contributed by atoms with van der Waals surface area (Å²) < 4.78 is 5.88. The minimum absolute atomic E-state index is 0.0270. The Morgan fingerprint density at radius 2 is 2.20 bits per heavy atom. The molecule has 1 atom stereocenters. The van der Waals surface area contributed by atoms with E-state index in [9.17, 15) is 4.79 Å². The van der Waals surface area contributed by atoms with Gasteiger partial charge in [-0.3, -0.25) is 4.79 Å². The molecule has 1 aromatic carbocycles. The zero-order valence-corrected chi connectivity index (χ0v) is 15.1. The Bertz CT molecular complexity index is 721. The number of hydrogen-bond acceptors (Lipinski definition) is 4. The third-order valence-electron chi connectivity index (χ3n) is 4.31. The number of amides is 1. The van der Waals surface area contributed by atoms with Crippen molar-refractivity contribution in [2.75, 3.05) is 13.1 Å². The van der Waals surface area contributed by atoms with Gasteiger partial charge in [0.05, 0.1) is 12.2 Å². The first kappa shape index (κ1) is 17.7. The second-order valence-corrected chi connectivity index (χ2v) is 6.80. The van der Waals surface area contributed by atoms with Crippen LogP contribution in [0.2, 0.25) is 5.02 Å². The fraction of sp³-hybridized carbons (Fsp3) is 0.421. The smallest absolute Gasteiger partial charge is 0.233 e. The third-order valence-corrected chi connectivity index (χ3v) is 4.54. The fourth-order valence-corrected chi connectivity index (χ4v) is 3.20. The van der Waals surface area contributed by atoms with Crippen molar-refractivity contribution in [3.8, 4) is 5.88 Å². The lowest BCUT2D eigenvalue weighted by Gasteiger charge is -2.32. The first-order valence-electron chi connectivity index (χ1n) is 8.59. The molecule has 1 amide bonds. The SMILES string of the molecule is Cc1ccc(OC2CCCN(C(=O)CCc3cccc(Cl)c3)C2)nn1. The van der Waals surface area contributed by atoms with Crippen molar-refractivity contribution >= 4 is 17.5 Å². The number of aryl methyl sites for hydroxylation is 2. The molecule has 2 heterocycles. The summed E-state index contributed by atoms with van der Waals surface area (Å²) in [5, 5.41) is 8.75. The zero-order chi connectivity index (χ0) is 17.6. The Balaban J connectivity index is 1.51. The lowest BCUT2D eigenvalue weighted by molar-refractivity contribution is -0.133. The van der Waals surface area contributed by atoms with Gasteiger partial charge in [-0.1, -0.05) is 23.7 Å². The maximum absolute atomic E-state index is 12.5. The van der Waals surface area contributed by atoms with Crippen LogP contribution in [0.25, 0.3) is 0 Å². The van der Waals surface area contributed by atoms with Gasteiger partial charge in [-0.25, -0.2) is 0 Å². The van der Waals surface area contributed by atoms with E-state index in [1.165, 1.54) is 0 Å². The highest BCUT2D eigenvalue weighted by molar-refractivity contribution is 6.30. The average molecular weight is 360 g/mol. The maximum Gasteiger partial charge on any atom is 0.233 e. The zero-order valence-electron chi connectivity index (χ0n) is 14.3. The minimum atomic E-state index is -0.0270. The summed E-state index contributed by atoms with van der Waals surface area (Å²) in [5.41, 5.74) is 1.94. The first-order chi connectivity index (χ1) is 12.1. The van der Waals surface area contributed by atoms with E-state index >= 15 is 0 Å². The van der Waals surface area contributed by atoms with Crippen molar-refractivity contribution in [3.05, 3.63) is 52.7 Å². The topological polar surface area (TPSA) is 55.3 Å². The van der Waals surface area contributed by atoms with Gasteiger partial charge in [0.25, 0.3) is 0 Å². The van der Waals surface area contributed by atoms with Crippen molar-refractivity contribution in [2.45, 2.75) is 38.7 Å². The number of benzene rings is 1. The molecule has 5 nitrogen and oxygen atoms in total. The van der Waals surface area contributed by atoms with Gasteiger partial charge in [0.2, 0.25) is 11.8 Å². The number of hydrogen-bond donors (Lipinski definition) is 0. The number of aromatic nitrogens is 2. The highest BCUT2D eigenvalue weighted by Crippen LogP contribution is 2.18. The summed E-state index contributed by atoms with van der Waals surface area (Å²) in [5.74, 6) is 0.673. The van der Waals surface area contributed by atoms with Crippen LogP contribution >= 0.6 is 11.6 Å². The Hall–Kier alpha value is -2.14. The highest BCUT2D eigenvalue weighted by Gasteiger charge is 2.25. The molecule has 0 aliphatic carbocycles. The highest BCUT2D eigenvalue weighted by atomic mass is 35.5. The van der Waals surface area contributed by atoms with Crippen molar-refractivity contribution in [1.29, 1.82) is 0 Å². The Morgan fingerprint density at radius 1 is 1.32 bits per heavy atom. The van der Waals surface area contributed by atoms with E-state index in [4.69, 9.17) is 16.3 Å². The number of likely N-dealkylation sites (tertiary alicyclic amines) is 1. The Labute approximate surface area is 153 Å². The molecule has 0 radical (unpaired) electrons. The van der Waals surface area contributed by atoms with Crippen LogP contribution in [-0.4, -0.2) is 40.2 Å². The molecule has 0 N–H and O–H groups in total. The third kappa shape index (κ3) is 5.16. The first-order valence-corrected chi connectivity index (χ1v) is 8.97. The predicted molar refractivity (Wildman–Crippen MR) is 96.8 cm³/mol. The van der Waals surface area contributed by atoms with Crippen molar-refractivity contribution < 1.29 is 9.53 Å². The molecule has 1 unspecified atom stereocenters. The summed E-state index contributed by atoms with van der Waals surface area (Å²) in [7, 11) is 0. The summed E-state index contributed by atoms with van der Waals surface area (Å²) in [6.07, 6.45) is 3.02. The molecule has 0 spiro atoms. The summed E-state index contributed by atoms with van der Waals surface area (Å²) >= 11 is 5.99. The minimum Gasteiger partial charge on any atom is -0.471 e. The van der Waals surface area contributed by atoms with E-state index < -0.39 is 0 Å². The monoisotopic (exact) mass is 359 g/mol. The van der Waals surface area contributed by atoms with Gasteiger partial charge in [-0.2, -0.15) is 5.10 Å². The Morgan fingerprint density at radius 3 is 2.96 bits per heavy atom. The number of carbonyl (C=O) groups is 1. The Kier molecular flexibility index (Phi) is 5.87. The number of piperidine rings is 1. The van der Waals surface area contributed by atoms with Crippen LogP contribution in [0.1, 0.15) is 30.5 Å². The number of halogens is 1. The number of rotatable bonds is 5. The van der Waals surface area contributed by atoms with E-state index in [2.05, 4.69) is 10.2 Å². The molecule has 132 valence electrons. The maximum atomic E-state index is 12.5. The number of nitrogens with zero attached hydrogens (tertiary/aromatic N) is 3. The normalized spacial score (nSPS) is 17.4. The van der Waals surface area contributed by atoms with Crippen LogP contribution in [-0.2, 0) is 11.2 Å². The van der Waals surface area contributed by atoms with Gasteiger partial charge >= 0.3 is 0 Å². The number of carbonyl (C=O) groups excluding carboxylic acids is 1. The fourth-order valence-electron chi connectivity index (χ4n) is 2.98. The van der Waals surface area contributed by atoms with Crippen LogP contribution < -0.4 is 4.74 Å². The van der Waals surface area contributed by atoms with Crippen molar-refractivity contribution in [2.24, 2.45) is 0 Å².